The molecule has 0 fully saturated rings. The van der Waals surface area contributed by atoms with Crippen LogP contribution in [-0.4, -0.2) is 30.5 Å². The predicted molar refractivity (Wildman–Crippen MR) is 102 cm³/mol. The van der Waals surface area contributed by atoms with E-state index in [1.54, 1.807) is 11.8 Å². The topological polar surface area (TPSA) is 64.6 Å². The van der Waals surface area contributed by atoms with Gasteiger partial charge in [-0.15, -0.1) is 11.8 Å². The number of amides is 1. The SMILES string of the molecule is COC(=O)CCCCCCSc1ccc(NC(=O)OC(C)(C)C)cc1. The summed E-state index contributed by atoms with van der Waals surface area (Å²) >= 11 is 1.79. The molecule has 1 aromatic rings. The van der Waals surface area contributed by atoms with Crippen molar-refractivity contribution in [3.8, 4) is 0 Å². The summed E-state index contributed by atoms with van der Waals surface area (Å²) in [7, 11) is 1.42. The van der Waals surface area contributed by atoms with Crippen LogP contribution in [0.15, 0.2) is 29.2 Å². The summed E-state index contributed by atoms with van der Waals surface area (Å²) in [6, 6.07) is 7.74. The van der Waals surface area contributed by atoms with Gasteiger partial charge in [-0.3, -0.25) is 10.1 Å². The molecule has 6 heteroatoms. The highest BCUT2D eigenvalue weighted by Crippen LogP contribution is 2.22. The molecule has 1 rings (SSSR count). The fourth-order valence-electron chi connectivity index (χ4n) is 2.07. The Morgan fingerprint density at radius 3 is 2.28 bits per heavy atom. The molecule has 0 radical (unpaired) electrons. The Bertz CT molecular complexity index is 537. The van der Waals surface area contributed by atoms with Gasteiger partial charge in [-0.1, -0.05) is 12.8 Å². The van der Waals surface area contributed by atoms with Crippen molar-refractivity contribution in [1.29, 1.82) is 0 Å². The van der Waals surface area contributed by atoms with Crippen molar-refractivity contribution in [3.63, 3.8) is 0 Å². The molecule has 1 amide bonds. The van der Waals surface area contributed by atoms with Crippen molar-refractivity contribution in [1.82, 2.24) is 0 Å². The fraction of sp³-hybridized carbons (Fsp3) is 0.579. The molecule has 5 nitrogen and oxygen atoms in total. The van der Waals surface area contributed by atoms with E-state index in [-0.39, 0.29) is 5.97 Å². The second-order valence-corrected chi connectivity index (χ2v) is 7.91. The number of hydrogen-bond acceptors (Lipinski definition) is 5. The molecule has 140 valence electrons. The molecule has 1 aromatic carbocycles. The summed E-state index contributed by atoms with van der Waals surface area (Å²) in [5, 5.41) is 2.72. The summed E-state index contributed by atoms with van der Waals surface area (Å²) in [5.41, 5.74) is 0.220. The summed E-state index contributed by atoms with van der Waals surface area (Å²) in [5.74, 6) is 0.909. The van der Waals surface area contributed by atoms with E-state index in [9.17, 15) is 9.59 Å². The van der Waals surface area contributed by atoms with Crippen LogP contribution in [-0.2, 0) is 14.3 Å². The van der Waals surface area contributed by atoms with E-state index in [0.717, 1.165) is 37.1 Å². The summed E-state index contributed by atoms with van der Waals surface area (Å²) in [6.45, 7) is 5.51. The minimum atomic E-state index is -0.503. The van der Waals surface area contributed by atoms with Crippen LogP contribution in [0.4, 0.5) is 10.5 Å². The lowest BCUT2D eigenvalue weighted by Gasteiger charge is -2.19. The molecule has 25 heavy (non-hydrogen) atoms. The molecule has 0 atom stereocenters. The van der Waals surface area contributed by atoms with Crippen LogP contribution in [0.3, 0.4) is 0 Å². The number of hydrogen-bond donors (Lipinski definition) is 1. The lowest BCUT2D eigenvalue weighted by atomic mass is 10.1. The number of thioether (sulfide) groups is 1. The molecule has 0 saturated carbocycles. The fourth-order valence-corrected chi connectivity index (χ4v) is 2.99. The van der Waals surface area contributed by atoms with Crippen LogP contribution in [0.1, 0.15) is 52.9 Å². The monoisotopic (exact) mass is 367 g/mol. The molecule has 0 aliphatic carbocycles. The minimum absolute atomic E-state index is 0.130. The van der Waals surface area contributed by atoms with Crippen molar-refractivity contribution in [2.24, 2.45) is 0 Å². The normalized spacial score (nSPS) is 11.0. The Kier molecular flexibility index (Phi) is 9.42. The molecule has 0 spiro atoms. The van der Waals surface area contributed by atoms with Crippen LogP contribution < -0.4 is 5.32 Å². The maximum absolute atomic E-state index is 11.7. The first-order chi connectivity index (χ1) is 11.8. The van der Waals surface area contributed by atoms with E-state index in [1.165, 1.54) is 12.0 Å². The molecule has 0 aliphatic rings. The number of rotatable bonds is 9. The number of anilines is 1. The van der Waals surface area contributed by atoms with Crippen molar-refractivity contribution in [2.45, 2.75) is 63.4 Å². The second kappa shape index (κ2) is 11.0. The lowest BCUT2D eigenvalue weighted by Crippen LogP contribution is -2.27. The van der Waals surface area contributed by atoms with E-state index in [0.29, 0.717) is 6.42 Å². The predicted octanol–water partition coefficient (Wildman–Crippen LogP) is 5.25. The van der Waals surface area contributed by atoms with Crippen molar-refractivity contribution in [3.05, 3.63) is 24.3 Å². The summed E-state index contributed by atoms with van der Waals surface area (Å²) in [6.07, 6.45) is 4.23. The molecular formula is C19H29NO4S. The number of carbonyl (C=O) groups is 2. The van der Waals surface area contributed by atoms with Gasteiger partial charge in [0.2, 0.25) is 0 Å². The Morgan fingerprint density at radius 2 is 1.68 bits per heavy atom. The first kappa shape index (κ1) is 21.4. The third-order valence-corrected chi connectivity index (χ3v) is 4.37. The van der Waals surface area contributed by atoms with Crippen molar-refractivity contribution in [2.75, 3.05) is 18.2 Å². The van der Waals surface area contributed by atoms with Crippen LogP contribution in [0, 0.1) is 0 Å². The van der Waals surface area contributed by atoms with Gasteiger partial charge < -0.3 is 9.47 Å². The van der Waals surface area contributed by atoms with Gasteiger partial charge in [0.15, 0.2) is 0 Å². The molecule has 0 heterocycles. The molecule has 0 saturated heterocycles. The average molecular weight is 368 g/mol. The number of nitrogens with one attached hydrogen (secondary N) is 1. The van der Waals surface area contributed by atoms with E-state index >= 15 is 0 Å². The molecular weight excluding hydrogens is 338 g/mol. The number of unbranched alkanes of at least 4 members (excludes halogenated alkanes) is 3. The first-order valence-corrected chi connectivity index (χ1v) is 9.58. The highest BCUT2D eigenvalue weighted by atomic mass is 32.2. The molecule has 0 aromatic heterocycles. The summed E-state index contributed by atoms with van der Waals surface area (Å²) < 4.78 is 9.84. The maximum atomic E-state index is 11.7. The number of carbonyl (C=O) groups excluding carboxylic acids is 2. The third kappa shape index (κ3) is 10.7. The van der Waals surface area contributed by atoms with Gasteiger partial charge in [0.1, 0.15) is 5.60 Å². The number of benzene rings is 1. The van der Waals surface area contributed by atoms with Crippen LogP contribution >= 0.6 is 11.8 Å². The minimum Gasteiger partial charge on any atom is -0.469 e. The average Bonchev–Trinajstić information content (AvgIpc) is 2.53. The van der Waals surface area contributed by atoms with Crippen LogP contribution in [0.5, 0.6) is 0 Å². The zero-order valence-electron chi connectivity index (χ0n) is 15.6. The van der Waals surface area contributed by atoms with Crippen LogP contribution in [0.25, 0.3) is 0 Å². The van der Waals surface area contributed by atoms with Gasteiger partial charge in [0.25, 0.3) is 0 Å². The van der Waals surface area contributed by atoms with Gasteiger partial charge >= 0.3 is 12.1 Å². The Hall–Kier alpha value is -1.69. The second-order valence-electron chi connectivity index (χ2n) is 6.74. The smallest absolute Gasteiger partial charge is 0.412 e. The van der Waals surface area contributed by atoms with Crippen molar-refractivity contribution < 1.29 is 19.1 Å². The van der Waals surface area contributed by atoms with E-state index < -0.39 is 11.7 Å². The maximum Gasteiger partial charge on any atom is 0.412 e. The lowest BCUT2D eigenvalue weighted by molar-refractivity contribution is -0.140. The molecule has 0 aliphatic heterocycles. The van der Waals surface area contributed by atoms with Crippen molar-refractivity contribution >= 4 is 29.5 Å². The van der Waals surface area contributed by atoms with E-state index in [4.69, 9.17) is 4.74 Å². The van der Waals surface area contributed by atoms with Gasteiger partial charge in [-0.05, 0) is 63.6 Å². The highest BCUT2D eigenvalue weighted by Gasteiger charge is 2.16. The van der Waals surface area contributed by atoms with Gasteiger partial charge in [0.05, 0.1) is 7.11 Å². The summed E-state index contributed by atoms with van der Waals surface area (Å²) in [4.78, 5) is 23.9. The number of esters is 1. The Balaban J connectivity index is 2.20. The third-order valence-electron chi connectivity index (χ3n) is 3.27. The molecule has 0 unspecified atom stereocenters. The van der Waals surface area contributed by atoms with Gasteiger partial charge in [-0.25, -0.2) is 4.79 Å². The van der Waals surface area contributed by atoms with Gasteiger partial charge in [-0.2, -0.15) is 0 Å². The number of ether oxygens (including phenoxy) is 2. The van der Waals surface area contributed by atoms with Gasteiger partial charge in [0, 0.05) is 17.0 Å². The molecule has 1 N–H and O–H groups in total. The van der Waals surface area contributed by atoms with E-state index in [1.807, 2.05) is 45.0 Å². The van der Waals surface area contributed by atoms with E-state index in [2.05, 4.69) is 10.1 Å². The highest BCUT2D eigenvalue weighted by molar-refractivity contribution is 7.99. The zero-order valence-corrected chi connectivity index (χ0v) is 16.4. The Morgan fingerprint density at radius 1 is 1.04 bits per heavy atom. The molecule has 0 bridgehead atoms. The number of methoxy groups -OCH3 is 1. The van der Waals surface area contributed by atoms with Crippen LogP contribution in [0.2, 0.25) is 0 Å². The standard InChI is InChI=1S/C19H29NO4S/c1-19(2,3)24-18(22)20-15-10-12-16(13-11-15)25-14-8-6-5-7-9-17(21)23-4/h10-13H,5-9,14H2,1-4H3,(H,20,22). The quantitative estimate of drug-likeness (QED) is 0.367. The first-order valence-electron chi connectivity index (χ1n) is 8.60. The largest absolute Gasteiger partial charge is 0.469 e. The Labute approximate surface area is 154 Å². The zero-order chi connectivity index (χ0) is 18.7.